The highest BCUT2D eigenvalue weighted by atomic mass is 19.1. The van der Waals surface area contributed by atoms with E-state index in [4.69, 9.17) is 4.74 Å². The Bertz CT molecular complexity index is 807. The number of carbonyl (C=O) groups is 2. The van der Waals surface area contributed by atoms with Crippen LogP contribution in [0.2, 0.25) is 0 Å². The standard InChI is InChI=1S/C16H13FN2O5/c1-10(20)11-3-2-4-13(7-11)24-9-16(21)18-15-8-12(19(22)23)5-6-14(15)17/h2-8H,9H2,1H3,(H,18,21). The molecule has 7 nitrogen and oxygen atoms in total. The van der Waals surface area contributed by atoms with E-state index in [0.717, 1.165) is 18.2 Å². The third-order valence-electron chi connectivity index (χ3n) is 3.05. The van der Waals surface area contributed by atoms with E-state index >= 15 is 0 Å². The Hall–Kier alpha value is -3.29. The predicted octanol–water partition coefficient (Wildman–Crippen LogP) is 2.95. The molecular weight excluding hydrogens is 319 g/mol. The number of halogens is 1. The number of Topliss-reactive ketones (excluding diaryl/α,β-unsaturated/α-hetero) is 1. The fourth-order valence-corrected chi connectivity index (χ4v) is 1.86. The smallest absolute Gasteiger partial charge is 0.271 e. The monoisotopic (exact) mass is 332 g/mol. The van der Waals surface area contributed by atoms with Gasteiger partial charge in [0.2, 0.25) is 0 Å². The third-order valence-corrected chi connectivity index (χ3v) is 3.05. The lowest BCUT2D eigenvalue weighted by Crippen LogP contribution is -2.21. The van der Waals surface area contributed by atoms with Crippen molar-refractivity contribution < 1.29 is 23.6 Å². The molecule has 0 fully saturated rings. The third kappa shape index (κ3) is 4.35. The van der Waals surface area contributed by atoms with Crippen molar-refractivity contribution in [3.8, 4) is 5.75 Å². The highest BCUT2D eigenvalue weighted by molar-refractivity contribution is 5.94. The molecule has 2 aromatic rings. The largest absolute Gasteiger partial charge is 0.484 e. The molecule has 0 bridgehead atoms. The average Bonchev–Trinajstić information content (AvgIpc) is 2.55. The number of nitrogens with one attached hydrogen (secondary N) is 1. The van der Waals surface area contributed by atoms with Crippen LogP contribution in [0.3, 0.4) is 0 Å². The fraction of sp³-hybridized carbons (Fsp3) is 0.125. The number of ether oxygens (including phenoxy) is 1. The van der Waals surface area contributed by atoms with Gasteiger partial charge in [0.05, 0.1) is 10.6 Å². The summed E-state index contributed by atoms with van der Waals surface area (Å²) in [5.74, 6) is -1.34. The zero-order valence-corrected chi connectivity index (χ0v) is 12.6. The summed E-state index contributed by atoms with van der Waals surface area (Å²) in [4.78, 5) is 33.0. The molecule has 0 saturated heterocycles. The van der Waals surface area contributed by atoms with Gasteiger partial charge in [-0.1, -0.05) is 12.1 Å². The van der Waals surface area contributed by atoms with Crippen molar-refractivity contribution in [1.29, 1.82) is 0 Å². The number of ketones is 1. The van der Waals surface area contributed by atoms with Gasteiger partial charge in [0, 0.05) is 17.7 Å². The van der Waals surface area contributed by atoms with E-state index < -0.39 is 23.3 Å². The Morgan fingerprint density at radius 3 is 2.67 bits per heavy atom. The lowest BCUT2D eigenvalue weighted by Gasteiger charge is -2.09. The van der Waals surface area contributed by atoms with Crippen molar-refractivity contribution >= 4 is 23.1 Å². The van der Waals surface area contributed by atoms with Crippen molar-refractivity contribution in [2.24, 2.45) is 0 Å². The highest BCUT2D eigenvalue weighted by Gasteiger charge is 2.13. The lowest BCUT2D eigenvalue weighted by atomic mass is 10.1. The Labute approximate surface area is 136 Å². The summed E-state index contributed by atoms with van der Waals surface area (Å²) in [6.07, 6.45) is 0. The van der Waals surface area contributed by atoms with Crippen LogP contribution in [0.15, 0.2) is 42.5 Å². The summed E-state index contributed by atoms with van der Waals surface area (Å²) in [6, 6.07) is 9.05. The molecule has 2 rings (SSSR count). The van der Waals surface area contributed by atoms with E-state index in [2.05, 4.69) is 5.32 Å². The van der Waals surface area contributed by atoms with Crippen molar-refractivity contribution in [1.82, 2.24) is 0 Å². The van der Waals surface area contributed by atoms with Crippen LogP contribution in [0.4, 0.5) is 15.8 Å². The molecule has 8 heteroatoms. The second kappa shape index (κ2) is 7.32. The molecule has 0 atom stereocenters. The van der Waals surface area contributed by atoms with E-state index in [1.807, 2.05) is 0 Å². The number of anilines is 1. The van der Waals surface area contributed by atoms with E-state index in [1.54, 1.807) is 18.2 Å². The van der Waals surface area contributed by atoms with Crippen LogP contribution in [0.5, 0.6) is 5.75 Å². The van der Waals surface area contributed by atoms with Crippen molar-refractivity contribution in [3.63, 3.8) is 0 Å². The first kappa shape index (κ1) is 17.1. The molecule has 0 unspecified atom stereocenters. The number of hydrogen-bond donors (Lipinski definition) is 1. The van der Waals surface area contributed by atoms with E-state index in [-0.39, 0.29) is 17.2 Å². The number of hydrogen-bond acceptors (Lipinski definition) is 5. The van der Waals surface area contributed by atoms with Crippen molar-refractivity contribution in [3.05, 3.63) is 64.0 Å². The Morgan fingerprint density at radius 2 is 2.00 bits per heavy atom. The molecule has 2 aromatic carbocycles. The van der Waals surface area contributed by atoms with Gasteiger partial charge in [-0.05, 0) is 25.1 Å². The molecule has 1 amide bonds. The maximum atomic E-state index is 13.6. The number of nitro groups is 1. The predicted molar refractivity (Wildman–Crippen MR) is 83.6 cm³/mol. The number of non-ortho nitro benzene ring substituents is 1. The van der Waals surface area contributed by atoms with Crippen LogP contribution in [0, 0.1) is 15.9 Å². The van der Waals surface area contributed by atoms with Crippen LogP contribution < -0.4 is 10.1 Å². The summed E-state index contributed by atoms with van der Waals surface area (Å²) in [5, 5.41) is 12.9. The van der Waals surface area contributed by atoms with Crippen LogP contribution in [0.1, 0.15) is 17.3 Å². The summed E-state index contributed by atoms with van der Waals surface area (Å²) in [6.45, 7) is 0.959. The van der Waals surface area contributed by atoms with Gasteiger partial charge in [-0.3, -0.25) is 19.7 Å². The van der Waals surface area contributed by atoms with Crippen molar-refractivity contribution in [2.45, 2.75) is 6.92 Å². The summed E-state index contributed by atoms with van der Waals surface area (Å²) in [5.41, 5.74) is -0.227. The molecule has 0 spiro atoms. The minimum Gasteiger partial charge on any atom is -0.484 e. The zero-order chi connectivity index (χ0) is 17.7. The van der Waals surface area contributed by atoms with Gasteiger partial charge >= 0.3 is 0 Å². The molecule has 1 N–H and O–H groups in total. The first-order valence-corrected chi connectivity index (χ1v) is 6.84. The van der Waals surface area contributed by atoms with E-state index in [9.17, 15) is 24.1 Å². The number of benzene rings is 2. The van der Waals surface area contributed by atoms with Gasteiger partial charge in [0.25, 0.3) is 11.6 Å². The van der Waals surface area contributed by atoms with Crippen LogP contribution in [-0.2, 0) is 4.79 Å². The molecule has 24 heavy (non-hydrogen) atoms. The maximum Gasteiger partial charge on any atom is 0.271 e. The second-order valence-corrected chi connectivity index (χ2v) is 4.84. The first-order chi connectivity index (χ1) is 11.4. The normalized spacial score (nSPS) is 10.1. The maximum absolute atomic E-state index is 13.6. The van der Waals surface area contributed by atoms with Gasteiger partial charge in [0.15, 0.2) is 12.4 Å². The minimum atomic E-state index is -0.799. The number of rotatable bonds is 6. The number of amides is 1. The molecular formula is C16H13FN2O5. The minimum absolute atomic E-state index is 0.149. The SMILES string of the molecule is CC(=O)c1cccc(OCC(=O)Nc2cc([N+](=O)[O-])ccc2F)c1. The summed E-state index contributed by atoms with van der Waals surface area (Å²) >= 11 is 0. The van der Waals surface area contributed by atoms with Gasteiger partial charge in [0.1, 0.15) is 11.6 Å². The fourth-order valence-electron chi connectivity index (χ4n) is 1.86. The first-order valence-electron chi connectivity index (χ1n) is 6.84. The van der Waals surface area contributed by atoms with Crippen molar-refractivity contribution in [2.75, 3.05) is 11.9 Å². The van der Waals surface area contributed by atoms with Crippen LogP contribution >= 0.6 is 0 Å². The van der Waals surface area contributed by atoms with E-state index in [0.29, 0.717) is 11.3 Å². The Morgan fingerprint density at radius 1 is 1.25 bits per heavy atom. The van der Waals surface area contributed by atoms with Gasteiger partial charge in [-0.15, -0.1) is 0 Å². The van der Waals surface area contributed by atoms with Gasteiger partial charge in [-0.25, -0.2) is 4.39 Å². The van der Waals surface area contributed by atoms with Gasteiger partial charge in [-0.2, -0.15) is 0 Å². The quantitative estimate of drug-likeness (QED) is 0.498. The molecule has 124 valence electrons. The Kier molecular flexibility index (Phi) is 5.20. The molecule has 0 heterocycles. The zero-order valence-electron chi connectivity index (χ0n) is 12.6. The van der Waals surface area contributed by atoms with Gasteiger partial charge < -0.3 is 10.1 Å². The number of nitro benzene ring substituents is 1. The topological polar surface area (TPSA) is 98.5 Å². The molecule has 0 aromatic heterocycles. The molecule has 0 aliphatic rings. The highest BCUT2D eigenvalue weighted by Crippen LogP contribution is 2.21. The van der Waals surface area contributed by atoms with Crippen LogP contribution in [0.25, 0.3) is 0 Å². The molecule has 0 saturated carbocycles. The lowest BCUT2D eigenvalue weighted by molar-refractivity contribution is -0.384. The average molecular weight is 332 g/mol. The Balaban J connectivity index is 2.01. The molecule has 0 aliphatic heterocycles. The van der Waals surface area contributed by atoms with Crippen LogP contribution in [-0.4, -0.2) is 23.2 Å². The number of carbonyl (C=O) groups excluding carboxylic acids is 2. The van der Waals surface area contributed by atoms with E-state index in [1.165, 1.54) is 13.0 Å². The number of nitrogens with zero attached hydrogens (tertiary/aromatic N) is 1. The molecule has 0 aliphatic carbocycles. The molecule has 0 radical (unpaired) electrons. The second-order valence-electron chi connectivity index (χ2n) is 4.84. The summed E-state index contributed by atoms with van der Waals surface area (Å²) < 4.78 is 18.8. The summed E-state index contributed by atoms with van der Waals surface area (Å²) in [7, 11) is 0.